The Bertz CT molecular complexity index is 1290. The lowest BCUT2D eigenvalue weighted by Gasteiger charge is -2.28. The van der Waals surface area contributed by atoms with Crippen molar-refractivity contribution in [2.24, 2.45) is 0 Å². The van der Waals surface area contributed by atoms with Gasteiger partial charge in [0.1, 0.15) is 5.69 Å². The monoisotopic (exact) mass is 459 g/mol. The maximum atomic E-state index is 15.7. The number of anilines is 1. The number of ether oxygens (including phenoxy) is 2. The first-order valence-corrected chi connectivity index (χ1v) is 11.4. The lowest BCUT2D eigenvalue weighted by Crippen LogP contribution is -2.29. The number of benzene rings is 2. The number of aromatic nitrogens is 2. The molecule has 3 aromatic rings. The number of methoxy groups -OCH3 is 1. The maximum absolute atomic E-state index is 15.7. The molecule has 0 aliphatic carbocycles. The molecule has 0 saturated carbocycles. The van der Waals surface area contributed by atoms with Crippen molar-refractivity contribution in [1.82, 2.24) is 9.78 Å². The Hall–Kier alpha value is -3.71. The highest BCUT2D eigenvalue weighted by molar-refractivity contribution is 5.80. The predicted molar refractivity (Wildman–Crippen MR) is 130 cm³/mol. The molecule has 2 aliphatic heterocycles. The van der Waals surface area contributed by atoms with Crippen LogP contribution in [0.1, 0.15) is 30.0 Å². The third-order valence-electron chi connectivity index (χ3n) is 6.30. The first-order chi connectivity index (χ1) is 16.7. The molecule has 0 radical (unpaired) electrons. The summed E-state index contributed by atoms with van der Waals surface area (Å²) in [6.07, 6.45) is 8.75. The molecule has 34 heavy (non-hydrogen) atoms. The molecule has 0 unspecified atom stereocenters. The first-order valence-electron chi connectivity index (χ1n) is 11.4. The molecule has 5 rings (SSSR count). The second kappa shape index (κ2) is 9.65. The number of nitrogens with zero attached hydrogens (tertiary/aromatic N) is 3. The largest absolute Gasteiger partial charge is 0.491 e. The summed E-state index contributed by atoms with van der Waals surface area (Å²) < 4.78 is 28.0. The molecule has 3 heterocycles. The summed E-state index contributed by atoms with van der Waals surface area (Å²) in [5.74, 6) is -0.144. The summed E-state index contributed by atoms with van der Waals surface area (Å²) in [4.78, 5) is 15.3. The number of rotatable bonds is 5. The molecule has 174 valence electrons. The highest BCUT2D eigenvalue weighted by Crippen LogP contribution is 2.32. The molecule has 2 aliphatic rings. The van der Waals surface area contributed by atoms with Gasteiger partial charge in [-0.25, -0.2) is 9.07 Å². The van der Waals surface area contributed by atoms with Gasteiger partial charge in [0.2, 0.25) is 0 Å². The third kappa shape index (κ3) is 4.15. The zero-order valence-electron chi connectivity index (χ0n) is 19.0. The Balaban J connectivity index is 1.62. The Kier molecular flexibility index (Phi) is 6.27. The number of allylic oxidation sites excluding steroid dienone is 2. The molecule has 0 spiro atoms. The van der Waals surface area contributed by atoms with Crippen molar-refractivity contribution in [3.63, 3.8) is 0 Å². The Morgan fingerprint density at radius 2 is 1.88 bits per heavy atom. The van der Waals surface area contributed by atoms with Crippen molar-refractivity contribution in [2.45, 2.75) is 18.8 Å². The minimum Gasteiger partial charge on any atom is -0.491 e. The SMILES string of the molecule is COc1cn(-c2cccc(C3CCOCC3)c2F)nc(C2=CC=CCN2c2ccccc2)c1=O. The summed E-state index contributed by atoms with van der Waals surface area (Å²) in [6.45, 7) is 1.83. The van der Waals surface area contributed by atoms with Crippen LogP contribution in [0.4, 0.5) is 10.1 Å². The summed E-state index contributed by atoms with van der Waals surface area (Å²) in [7, 11) is 1.43. The van der Waals surface area contributed by atoms with Gasteiger partial charge in [0.05, 0.1) is 19.0 Å². The highest BCUT2D eigenvalue weighted by atomic mass is 19.1. The molecule has 0 atom stereocenters. The molecule has 1 aromatic heterocycles. The van der Waals surface area contributed by atoms with Crippen molar-refractivity contribution in [1.29, 1.82) is 0 Å². The van der Waals surface area contributed by atoms with Gasteiger partial charge < -0.3 is 14.4 Å². The maximum Gasteiger partial charge on any atom is 0.251 e. The van der Waals surface area contributed by atoms with E-state index in [1.807, 2.05) is 65.6 Å². The second-order valence-electron chi connectivity index (χ2n) is 8.31. The zero-order chi connectivity index (χ0) is 23.5. The predicted octanol–water partition coefficient (Wildman–Crippen LogP) is 4.69. The van der Waals surface area contributed by atoms with E-state index in [4.69, 9.17) is 9.47 Å². The van der Waals surface area contributed by atoms with Gasteiger partial charge in [-0.15, -0.1) is 0 Å². The average molecular weight is 460 g/mol. The van der Waals surface area contributed by atoms with Crippen molar-refractivity contribution >= 4 is 11.4 Å². The molecule has 0 N–H and O–H groups in total. The van der Waals surface area contributed by atoms with Crippen molar-refractivity contribution in [2.75, 3.05) is 31.8 Å². The normalized spacial score (nSPS) is 16.4. The zero-order valence-corrected chi connectivity index (χ0v) is 19.0. The van der Waals surface area contributed by atoms with Gasteiger partial charge in [0.25, 0.3) is 5.43 Å². The van der Waals surface area contributed by atoms with Crippen LogP contribution in [0, 0.1) is 5.82 Å². The van der Waals surface area contributed by atoms with E-state index in [0.717, 1.165) is 18.5 Å². The van der Waals surface area contributed by atoms with Crippen molar-refractivity contribution < 1.29 is 13.9 Å². The Labute approximate surface area is 197 Å². The van der Waals surface area contributed by atoms with Gasteiger partial charge in [0, 0.05) is 25.4 Å². The van der Waals surface area contributed by atoms with E-state index in [1.54, 1.807) is 6.07 Å². The first kappa shape index (κ1) is 22.1. The van der Waals surface area contributed by atoms with E-state index < -0.39 is 0 Å². The Morgan fingerprint density at radius 1 is 1.09 bits per heavy atom. The average Bonchev–Trinajstić information content (AvgIpc) is 2.90. The van der Waals surface area contributed by atoms with Crippen molar-refractivity contribution in [3.05, 3.63) is 100 Å². The second-order valence-corrected chi connectivity index (χ2v) is 8.31. The minimum atomic E-state index is -0.345. The van der Waals surface area contributed by atoms with Gasteiger partial charge in [-0.3, -0.25) is 4.79 Å². The fourth-order valence-electron chi connectivity index (χ4n) is 4.52. The molecule has 1 fully saturated rings. The third-order valence-corrected chi connectivity index (χ3v) is 6.30. The molecule has 1 saturated heterocycles. The quantitative estimate of drug-likeness (QED) is 0.554. The van der Waals surface area contributed by atoms with E-state index in [-0.39, 0.29) is 34.3 Å². The van der Waals surface area contributed by atoms with E-state index >= 15 is 4.39 Å². The fourth-order valence-corrected chi connectivity index (χ4v) is 4.52. The van der Waals surface area contributed by atoms with Crippen LogP contribution in [0.15, 0.2) is 77.8 Å². The van der Waals surface area contributed by atoms with Crippen LogP contribution in [-0.2, 0) is 4.74 Å². The van der Waals surface area contributed by atoms with Gasteiger partial charge in [-0.05, 0) is 48.6 Å². The van der Waals surface area contributed by atoms with Gasteiger partial charge >= 0.3 is 0 Å². The molecule has 6 nitrogen and oxygen atoms in total. The molecule has 7 heteroatoms. The molecular formula is C27H26FN3O3. The van der Waals surface area contributed by atoms with Crippen LogP contribution in [0.2, 0.25) is 0 Å². The lowest BCUT2D eigenvalue weighted by molar-refractivity contribution is 0.0846. The van der Waals surface area contributed by atoms with Crippen LogP contribution in [0.3, 0.4) is 0 Å². The Morgan fingerprint density at radius 3 is 2.65 bits per heavy atom. The van der Waals surface area contributed by atoms with Gasteiger partial charge in [-0.2, -0.15) is 5.10 Å². The topological polar surface area (TPSA) is 56.6 Å². The fraction of sp³-hybridized carbons (Fsp3) is 0.259. The number of para-hydroxylation sites is 1. The lowest BCUT2D eigenvalue weighted by atomic mass is 9.91. The highest BCUT2D eigenvalue weighted by Gasteiger charge is 2.25. The molecule has 0 amide bonds. The van der Waals surface area contributed by atoms with Gasteiger partial charge in [-0.1, -0.05) is 42.5 Å². The van der Waals surface area contributed by atoms with E-state index in [1.165, 1.54) is 18.0 Å². The van der Waals surface area contributed by atoms with Crippen LogP contribution in [0.25, 0.3) is 11.4 Å². The number of halogens is 1. The van der Waals surface area contributed by atoms with Crippen molar-refractivity contribution in [3.8, 4) is 11.4 Å². The van der Waals surface area contributed by atoms with E-state index in [9.17, 15) is 4.79 Å². The molecule has 2 aromatic carbocycles. The van der Waals surface area contributed by atoms with Crippen LogP contribution in [-0.4, -0.2) is 36.6 Å². The smallest absolute Gasteiger partial charge is 0.251 e. The molecular weight excluding hydrogens is 433 g/mol. The summed E-state index contributed by atoms with van der Waals surface area (Å²) >= 11 is 0. The van der Waals surface area contributed by atoms with E-state index in [2.05, 4.69) is 5.10 Å². The van der Waals surface area contributed by atoms with Crippen LogP contribution >= 0.6 is 0 Å². The minimum absolute atomic E-state index is 0.0919. The number of hydrogen-bond acceptors (Lipinski definition) is 5. The summed E-state index contributed by atoms with van der Waals surface area (Å²) in [5, 5.41) is 4.61. The van der Waals surface area contributed by atoms with Crippen LogP contribution in [0.5, 0.6) is 5.75 Å². The summed E-state index contributed by atoms with van der Waals surface area (Å²) in [6, 6.07) is 15.1. The summed E-state index contributed by atoms with van der Waals surface area (Å²) in [5.41, 5.74) is 2.34. The number of hydrogen-bond donors (Lipinski definition) is 0. The van der Waals surface area contributed by atoms with Crippen LogP contribution < -0.4 is 15.1 Å². The van der Waals surface area contributed by atoms with E-state index in [0.29, 0.717) is 31.0 Å². The standard InChI is InChI=1S/C27H26FN3O3/c1-33-24-18-31(22-12-7-10-21(25(22)28)19-13-16-34-17-14-19)29-26(27(24)32)23-11-5-6-15-30(23)20-8-3-2-4-9-20/h2-12,18-19H,13-17H2,1H3. The molecule has 0 bridgehead atoms. The van der Waals surface area contributed by atoms with Gasteiger partial charge in [0.15, 0.2) is 17.3 Å².